The number of nitrogens with one attached hydrogen (secondary N) is 1. The summed E-state index contributed by atoms with van der Waals surface area (Å²) in [6.07, 6.45) is 1.30. The number of aromatic nitrogens is 2. The van der Waals surface area contributed by atoms with Crippen molar-refractivity contribution >= 4 is 11.0 Å². The summed E-state index contributed by atoms with van der Waals surface area (Å²) in [6, 6.07) is 9.31. The summed E-state index contributed by atoms with van der Waals surface area (Å²) in [5.41, 5.74) is 2.29. The van der Waals surface area contributed by atoms with Crippen LogP contribution < -0.4 is 5.32 Å². The van der Waals surface area contributed by atoms with Crippen LogP contribution in [0.15, 0.2) is 24.3 Å². The van der Waals surface area contributed by atoms with Crippen LogP contribution in [0.1, 0.15) is 32.1 Å². The van der Waals surface area contributed by atoms with Crippen LogP contribution in [0.5, 0.6) is 0 Å². The van der Waals surface area contributed by atoms with Crippen molar-refractivity contribution in [1.82, 2.24) is 14.9 Å². The van der Waals surface area contributed by atoms with Crippen LogP contribution in [0.4, 0.5) is 0 Å². The summed E-state index contributed by atoms with van der Waals surface area (Å²) in [4.78, 5) is 4.72. The van der Waals surface area contributed by atoms with E-state index >= 15 is 0 Å². The molecule has 2 aromatic rings. The van der Waals surface area contributed by atoms with E-state index < -0.39 is 0 Å². The van der Waals surface area contributed by atoms with Gasteiger partial charge in [-0.15, -0.1) is 0 Å². The van der Waals surface area contributed by atoms with E-state index in [1.54, 1.807) is 0 Å². The first-order valence-corrected chi connectivity index (χ1v) is 6.34. The highest BCUT2D eigenvalue weighted by atomic mass is 15.1. The third-order valence-corrected chi connectivity index (χ3v) is 3.78. The predicted molar refractivity (Wildman–Crippen MR) is 69.8 cm³/mol. The van der Waals surface area contributed by atoms with Gasteiger partial charge in [0.15, 0.2) is 0 Å². The zero-order chi connectivity index (χ0) is 12.0. The number of imidazole rings is 1. The van der Waals surface area contributed by atoms with Gasteiger partial charge in [0.1, 0.15) is 5.82 Å². The summed E-state index contributed by atoms with van der Waals surface area (Å²) < 4.78 is 2.19. The van der Waals surface area contributed by atoms with Crippen molar-refractivity contribution in [3.05, 3.63) is 30.1 Å². The number of hydrogen-bond acceptors (Lipinski definition) is 2. The van der Waals surface area contributed by atoms with Crippen LogP contribution in [0.2, 0.25) is 0 Å². The molecule has 0 aliphatic heterocycles. The van der Waals surface area contributed by atoms with Crippen LogP contribution in [0.25, 0.3) is 11.0 Å². The van der Waals surface area contributed by atoms with Crippen molar-refractivity contribution < 1.29 is 0 Å². The van der Waals surface area contributed by atoms with Gasteiger partial charge in [-0.2, -0.15) is 0 Å². The minimum absolute atomic E-state index is 0.322. The van der Waals surface area contributed by atoms with Gasteiger partial charge in [0.05, 0.1) is 17.1 Å². The molecule has 1 fully saturated rings. The molecule has 3 atom stereocenters. The van der Waals surface area contributed by atoms with Gasteiger partial charge in [-0.25, -0.2) is 4.98 Å². The lowest BCUT2D eigenvalue weighted by atomic mass is 10.3. The topological polar surface area (TPSA) is 29.9 Å². The molecule has 90 valence electrons. The third-order valence-electron chi connectivity index (χ3n) is 3.78. The molecule has 3 heteroatoms. The predicted octanol–water partition coefficient (Wildman–Crippen LogP) is 2.63. The summed E-state index contributed by atoms with van der Waals surface area (Å²) in [5.74, 6) is 1.96. The highest BCUT2D eigenvalue weighted by Gasteiger charge is 2.34. The Morgan fingerprint density at radius 1 is 1.41 bits per heavy atom. The van der Waals surface area contributed by atoms with E-state index in [0.717, 1.165) is 17.3 Å². The first-order chi connectivity index (χ1) is 8.16. The zero-order valence-electron chi connectivity index (χ0n) is 10.6. The zero-order valence-corrected chi connectivity index (χ0v) is 10.6. The van der Waals surface area contributed by atoms with E-state index in [2.05, 4.69) is 49.0 Å². The lowest BCUT2D eigenvalue weighted by Gasteiger charge is -2.13. The second kappa shape index (κ2) is 3.84. The van der Waals surface area contributed by atoms with E-state index in [0.29, 0.717) is 12.1 Å². The van der Waals surface area contributed by atoms with Crippen LogP contribution in [0, 0.1) is 5.92 Å². The maximum absolute atomic E-state index is 4.72. The number of rotatable bonds is 3. The Balaban J connectivity index is 1.91. The molecule has 17 heavy (non-hydrogen) atoms. The minimum atomic E-state index is 0.322. The van der Waals surface area contributed by atoms with E-state index in [1.165, 1.54) is 11.9 Å². The Bertz CT molecular complexity index is 543. The highest BCUT2D eigenvalue weighted by molar-refractivity contribution is 5.75. The fourth-order valence-corrected chi connectivity index (χ4v) is 2.50. The number of benzene rings is 1. The van der Waals surface area contributed by atoms with Crippen molar-refractivity contribution in [2.45, 2.75) is 32.4 Å². The van der Waals surface area contributed by atoms with Gasteiger partial charge in [0.2, 0.25) is 0 Å². The highest BCUT2D eigenvalue weighted by Crippen LogP contribution is 2.31. The standard InChI is InChI=1S/C14H19N3/c1-9-8-12(9)15-10(2)14-16-11-6-4-5-7-13(11)17(14)3/h4-7,9-10,12,15H,8H2,1-3H3. The van der Waals surface area contributed by atoms with Gasteiger partial charge in [0.25, 0.3) is 0 Å². The second-order valence-electron chi connectivity index (χ2n) is 5.23. The van der Waals surface area contributed by atoms with Gasteiger partial charge < -0.3 is 9.88 Å². The summed E-state index contributed by atoms with van der Waals surface area (Å²) in [7, 11) is 2.10. The molecule has 0 radical (unpaired) electrons. The number of hydrogen-bond donors (Lipinski definition) is 1. The molecule has 0 amide bonds. The second-order valence-corrected chi connectivity index (χ2v) is 5.23. The summed E-state index contributed by atoms with van der Waals surface area (Å²) in [6.45, 7) is 4.49. The minimum Gasteiger partial charge on any atom is -0.330 e. The van der Waals surface area contributed by atoms with Crippen molar-refractivity contribution in [2.75, 3.05) is 0 Å². The third kappa shape index (κ3) is 1.84. The molecule has 3 rings (SSSR count). The molecule has 0 bridgehead atoms. The molecule has 0 spiro atoms. The van der Waals surface area contributed by atoms with Gasteiger partial charge in [-0.05, 0) is 31.4 Å². The van der Waals surface area contributed by atoms with Gasteiger partial charge in [-0.3, -0.25) is 0 Å². The average molecular weight is 229 g/mol. The Kier molecular flexibility index (Phi) is 2.44. The lowest BCUT2D eigenvalue weighted by molar-refractivity contribution is 0.516. The number of nitrogens with zero attached hydrogens (tertiary/aromatic N) is 2. The first kappa shape index (κ1) is 10.8. The summed E-state index contributed by atoms with van der Waals surface area (Å²) in [5, 5.41) is 3.64. The molecule has 0 saturated heterocycles. The Hall–Kier alpha value is -1.35. The van der Waals surface area contributed by atoms with E-state index in [9.17, 15) is 0 Å². The van der Waals surface area contributed by atoms with Crippen LogP contribution in [-0.2, 0) is 7.05 Å². The van der Waals surface area contributed by atoms with E-state index in [4.69, 9.17) is 4.98 Å². The van der Waals surface area contributed by atoms with E-state index in [1.807, 2.05) is 6.07 Å². The van der Waals surface area contributed by atoms with Crippen LogP contribution >= 0.6 is 0 Å². The van der Waals surface area contributed by atoms with Gasteiger partial charge in [-0.1, -0.05) is 19.1 Å². The number of para-hydroxylation sites is 2. The largest absolute Gasteiger partial charge is 0.330 e. The van der Waals surface area contributed by atoms with E-state index in [-0.39, 0.29) is 0 Å². The number of aryl methyl sites for hydroxylation is 1. The Morgan fingerprint density at radius 3 is 2.76 bits per heavy atom. The molecule has 1 heterocycles. The van der Waals surface area contributed by atoms with Gasteiger partial charge >= 0.3 is 0 Å². The molecule has 1 N–H and O–H groups in total. The van der Waals surface area contributed by atoms with Crippen molar-refractivity contribution in [3.63, 3.8) is 0 Å². The molecular formula is C14H19N3. The monoisotopic (exact) mass is 229 g/mol. The Morgan fingerprint density at radius 2 is 2.12 bits per heavy atom. The fourth-order valence-electron chi connectivity index (χ4n) is 2.50. The van der Waals surface area contributed by atoms with Crippen LogP contribution in [0.3, 0.4) is 0 Å². The van der Waals surface area contributed by atoms with Crippen molar-refractivity contribution in [2.24, 2.45) is 13.0 Å². The van der Waals surface area contributed by atoms with Crippen LogP contribution in [-0.4, -0.2) is 15.6 Å². The maximum Gasteiger partial charge on any atom is 0.126 e. The molecule has 3 nitrogen and oxygen atoms in total. The molecule has 1 aliphatic rings. The quantitative estimate of drug-likeness (QED) is 0.877. The lowest BCUT2D eigenvalue weighted by Crippen LogP contribution is -2.24. The Labute approximate surface area is 102 Å². The smallest absolute Gasteiger partial charge is 0.126 e. The molecular weight excluding hydrogens is 210 g/mol. The molecule has 1 aliphatic carbocycles. The van der Waals surface area contributed by atoms with Gasteiger partial charge in [0, 0.05) is 13.1 Å². The molecule has 1 saturated carbocycles. The molecule has 1 aromatic heterocycles. The first-order valence-electron chi connectivity index (χ1n) is 6.34. The fraction of sp³-hybridized carbons (Fsp3) is 0.500. The normalized spacial score (nSPS) is 25.1. The molecule has 1 aromatic carbocycles. The SMILES string of the molecule is CC(NC1CC1C)c1nc2ccccc2n1C. The number of fused-ring (bicyclic) bond motifs is 1. The van der Waals surface area contributed by atoms with Crippen molar-refractivity contribution in [3.8, 4) is 0 Å². The van der Waals surface area contributed by atoms with Crippen molar-refractivity contribution in [1.29, 1.82) is 0 Å². The molecule has 3 unspecified atom stereocenters. The maximum atomic E-state index is 4.72. The summed E-state index contributed by atoms with van der Waals surface area (Å²) >= 11 is 0. The average Bonchev–Trinajstić information content (AvgIpc) is 2.89.